The quantitative estimate of drug-likeness (QED) is 0.270. The fourth-order valence-electron chi connectivity index (χ4n) is 2.42. The van der Waals surface area contributed by atoms with E-state index < -0.39 is 0 Å². The van der Waals surface area contributed by atoms with Crippen molar-refractivity contribution < 1.29 is 14.4 Å². The zero-order valence-corrected chi connectivity index (χ0v) is 15.8. The predicted octanol–water partition coefficient (Wildman–Crippen LogP) is 3.71. The second-order valence-electron chi connectivity index (χ2n) is 6.87. The zero-order chi connectivity index (χ0) is 18.5. The molecule has 5 heteroatoms. The molecule has 0 aliphatic rings. The van der Waals surface area contributed by atoms with Gasteiger partial charge in [-0.2, -0.15) is 0 Å². The molecule has 0 saturated heterocycles. The number of oxime groups is 1. The number of carbonyl (C=O) groups is 1. The molecule has 0 atom stereocenters. The molecule has 0 aliphatic heterocycles. The van der Waals surface area contributed by atoms with Crippen molar-refractivity contribution in [1.29, 1.82) is 0 Å². The highest BCUT2D eigenvalue weighted by Crippen LogP contribution is 2.22. The molecule has 0 aliphatic carbocycles. The maximum absolute atomic E-state index is 11.1. The van der Waals surface area contributed by atoms with Crippen LogP contribution in [0.3, 0.4) is 0 Å². The smallest absolute Gasteiger partial charge is 0.302 e. The molecule has 2 N–H and O–H groups in total. The van der Waals surface area contributed by atoms with Crippen LogP contribution in [-0.4, -0.2) is 31.4 Å². The molecule has 0 aromatic heterocycles. The van der Waals surface area contributed by atoms with E-state index >= 15 is 0 Å². The lowest BCUT2D eigenvalue weighted by Crippen LogP contribution is -2.31. The number of esters is 1. The number of unbranched alkanes of at least 4 members (excludes halogenated alkanes) is 1. The van der Waals surface area contributed by atoms with E-state index in [9.17, 15) is 4.79 Å². The Morgan fingerprint density at radius 3 is 2.52 bits per heavy atom. The molecule has 140 valence electrons. The predicted molar refractivity (Wildman–Crippen MR) is 101 cm³/mol. The Morgan fingerprint density at radius 1 is 1.16 bits per heavy atom. The summed E-state index contributed by atoms with van der Waals surface area (Å²) in [6, 6.07) is 10.3. The van der Waals surface area contributed by atoms with Gasteiger partial charge in [0.05, 0.1) is 5.71 Å². The van der Waals surface area contributed by atoms with Crippen molar-refractivity contribution in [2.24, 2.45) is 16.3 Å². The Bertz CT molecular complexity index is 527. The monoisotopic (exact) mass is 348 g/mol. The first-order valence-electron chi connectivity index (χ1n) is 9.02. The van der Waals surface area contributed by atoms with Crippen LogP contribution in [0.5, 0.6) is 0 Å². The zero-order valence-electron chi connectivity index (χ0n) is 15.8. The molecule has 0 bridgehead atoms. The van der Waals surface area contributed by atoms with Gasteiger partial charge in [0.25, 0.3) is 0 Å². The summed E-state index contributed by atoms with van der Waals surface area (Å²) in [7, 11) is 0. The maximum Gasteiger partial charge on any atom is 0.302 e. The van der Waals surface area contributed by atoms with Gasteiger partial charge in [0.15, 0.2) is 0 Å². The first-order valence-corrected chi connectivity index (χ1v) is 9.02. The normalized spacial score (nSPS) is 12.1. The Hall–Kier alpha value is -1.88. The molecular weight excluding hydrogens is 316 g/mol. The van der Waals surface area contributed by atoms with E-state index in [0.29, 0.717) is 19.8 Å². The molecule has 1 aromatic rings. The summed E-state index contributed by atoms with van der Waals surface area (Å²) in [4.78, 5) is 16.7. The van der Waals surface area contributed by atoms with Crippen molar-refractivity contribution in [2.45, 2.75) is 52.9 Å². The molecule has 0 fully saturated rings. The third-order valence-electron chi connectivity index (χ3n) is 4.00. The number of benzene rings is 1. The van der Waals surface area contributed by atoms with Crippen molar-refractivity contribution in [2.75, 3.05) is 19.8 Å². The number of nitrogens with zero attached hydrogens (tertiary/aromatic N) is 1. The van der Waals surface area contributed by atoms with E-state index in [1.165, 1.54) is 12.5 Å². The van der Waals surface area contributed by atoms with Gasteiger partial charge in [-0.3, -0.25) is 4.79 Å². The van der Waals surface area contributed by atoms with Gasteiger partial charge in [-0.05, 0) is 44.2 Å². The van der Waals surface area contributed by atoms with E-state index in [1.807, 2.05) is 32.0 Å². The van der Waals surface area contributed by atoms with E-state index in [-0.39, 0.29) is 11.4 Å². The van der Waals surface area contributed by atoms with Crippen LogP contribution in [0.2, 0.25) is 0 Å². The van der Waals surface area contributed by atoms with E-state index in [1.54, 1.807) is 0 Å². The van der Waals surface area contributed by atoms with Crippen molar-refractivity contribution in [3.63, 3.8) is 0 Å². The minimum Gasteiger partial charge on any atom is -0.465 e. The molecule has 0 heterocycles. The van der Waals surface area contributed by atoms with E-state index in [2.05, 4.69) is 17.3 Å². The highest BCUT2D eigenvalue weighted by atomic mass is 16.6. The van der Waals surface area contributed by atoms with Crippen LogP contribution >= 0.6 is 0 Å². The first-order chi connectivity index (χ1) is 12.0. The summed E-state index contributed by atoms with van der Waals surface area (Å²) in [5, 5.41) is 4.36. The topological polar surface area (TPSA) is 73.9 Å². The first kappa shape index (κ1) is 21.2. The molecule has 0 amide bonds. The lowest BCUT2D eigenvalue weighted by Gasteiger charge is -2.25. The fourth-order valence-corrected chi connectivity index (χ4v) is 2.42. The summed E-state index contributed by atoms with van der Waals surface area (Å²) in [5.74, 6) is -0.279. The number of hydrogen-bond donors (Lipinski definition) is 1. The van der Waals surface area contributed by atoms with Crippen molar-refractivity contribution in [3.05, 3.63) is 35.9 Å². The molecule has 1 aromatic carbocycles. The van der Waals surface area contributed by atoms with Crippen molar-refractivity contribution in [3.8, 4) is 0 Å². The summed E-state index contributed by atoms with van der Waals surface area (Å²) in [5.41, 5.74) is 7.45. The number of carbonyl (C=O) groups excluding carboxylic acids is 1. The SMILES string of the molecule is CC(=O)OCC(C)(C)/C(CCCCN)=N/OCCCc1ccccc1. The molecule has 25 heavy (non-hydrogen) atoms. The van der Waals surface area contributed by atoms with Gasteiger partial charge in [0.2, 0.25) is 0 Å². The Kier molecular flexibility index (Phi) is 9.85. The van der Waals surface area contributed by atoms with Crippen LogP contribution in [0, 0.1) is 5.41 Å². The van der Waals surface area contributed by atoms with Gasteiger partial charge < -0.3 is 15.3 Å². The number of ether oxygens (including phenoxy) is 1. The minimum atomic E-state index is -0.348. The number of nitrogens with two attached hydrogens (primary N) is 1. The Labute approximate surface area is 151 Å². The molecule has 0 spiro atoms. The van der Waals surface area contributed by atoms with Gasteiger partial charge in [-0.15, -0.1) is 0 Å². The highest BCUT2D eigenvalue weighted by Gasteiger charge is 2.27. The van der Waals surface area contributed by atoms with Crippen molar-refractivity contribution in [1.82, 2.24) is 0 Å². The van der Waals surface area contributed by atoms with Gasteiger partial charge in [0.1, 0.15) is 13.2 Å². The van der Waals surface area contributed by atoms with E-state index in [0.717, 1.165) is 37.8 Å². The van der Waals surface area contributed by atoms with Gasteiger partial charge in [-0.25, -0.2) is 0 Å². The van der Waals surface area contributed by atoms with Crippen molar-refractivity contribution >= 4 is 11.7 Å². The Morgan fingerprint density at radius 2 is 1.88 bits per heavy atom. The molecule has 0 unspecified atom stereocenters. The number of rotatable bonds is 12. The molecule has 1 rings (SSSR count). The summed E-state index contributed by atoms with van der Waals surface area (Å²) < 4.78 is 5.18. The average molecular weight is 348 g/mol. The van der Waals surface area contributed by atoms with Crippen LogP contribution in [0.25, 0.3) is 0 Å². The lowest BCUT2D eigenvalue weighted by molar-refractivity contribution is -0.142. The fraction of sp³-hybridized carbons (Fsp3) is 0.600. The van der Waals surface area contributed by atoms with Crippen LogP contribution in [0.15, 0.2) is 35.5 Å². The summed E-state index contributed by atoms with van der Waals surface area (Å²) in [6.45, 7) is 6.99. The van der Waals surface area contributed by atoms with Gasteiger partial charge >= 0.3 is 5.97 Å². The third kappa shape index (κ3) is 9.25. The lowest BCUT2D eigenvalue weighted by atomic mass is 9.85. The van der Waals surface area contributed by atoms with Crippen LogP contribution in [0.4, 0.5) is 0 Å². The Balaban J connectivity index is 2.52. The second kappa shape index (κ2) is 11.6. The third-order valence-corrected chi connectivity index (χ3v) is 4.00. The summed E-state index contributed by atoms with van der Waals surface area (Å²) in [6.07, 6.45) is 4.57. The van der Waals surface area contributed by atoms with Crippen LogP contribution in [-0.2, 0) is 20.8 Å². The van der Waals surface area contributed by atoms with Gasteiger partial charge in [-0.1, -0.05) is 49.3 Å². The molecule has 0 saturated carbocycles. The summed E-state index contributed by atoms with van der Waals surface area (Å²) >= 11 is 0. The standard InChI is InChI=1S/C20H32N2O3/c1-17(23)24-16-20(2,3)19(13-7-8-14-21)22-25-15-9-12-18-10-5-4-6-11-18/h4-6,10-11H,7-9,12-16,21H2,1-3H3/b22-19+. The molecule has 5 nitrogen and oxygen atoms in total. The largest absolute Gasteiger partial charge is 0.465 e. The molecule has 0 radical (unpaired) electrons. The second-order valence-corrected chi connectivity index (χ2v) is 6.87. The highest BCUT2D eigenvalue weighted by molar-refractivity contribution is 5.89. The van der Waals surface area contributed by atoms with Gasteiger partial charge in [0, 0.05) is 12.3 Å². The average Bonchev–Trinajstić information content (AvgIpc) is 2.59. The van der Waals surface area contributed by atoms with E-state index in [4.69, 9.17) is 15.3 Å². The number of aryl methyl sites for hydroxylation is 1. The van der Waals surface area contributed by atoms with Crippen LogP contribution in [0.1, 0.15) is 52.0 Å². The maximum atomic E-state index is 11.1. The minimum absolute atomic E-state index is 0.279. The van der Waals surface area contributed by atoms with Crippen LogP contribution < -0.4 is 5.73 Å². The molecular formula is C20H32N2O3. The number of hydrogen-bond acceptors (Lipinski definition) is 5.